The molecule has 1 fully saturated rings. The van der Waals surface area contributed by atoms with Crippen LogP contribution in [0.15, 0.2) is 18.2 Å². The highest BCUT2D eigenvalue weighted by Crippen LogP contribution is 2.33. The molecule has 5 nitrogen and oxygen atoms in total. The summed E-state index contributed by atoms with van der Waals surface area (Å²) in [6, 6.07) is 5.25. The Bertz CT molecular complexity index is 448. The Balaban J connectivity index is 1.69. The maximum Gasteiger partial charge on any atom is 0.161 e. The molecule has 19 heavy (non-hydrogen) atoms. The normalized spacial score (nSPS) is 21.6. The van der Waals surface area contributed by atoms with Gasteiger partial charge in [0.2, 0.25) is 0 Å². The molecule has 2 aliphatic rings. The quantitative estimate of drug-likeness (QED) is 0.830. The van der Waals surface area contributed by atoms with Crippen LogP contribution in [0.25, 0.3) is 0 Å². The summed E-state index contributed by atoms with van der Waals surface area (Å²) >= 11 is 0. The first-order chi connectivity index (χ1) is 9.24. The largest absolute Gasteiger partial charge is 0.486 e. The molecule has 0 saturated carbocycles. The summed E-state index contributed by atoms with van der Waals surface area (Å²) in [6.45, 7) is 4.02. The van der Waals surface area contributed by atoms with Crippen LogP contribution in [-0.2, 0) is 0 Å². The molecule has 0 bridgehead atoms. The Morgan fingerprint density at radius 1 is 1.21 bits per heavy atom. The number of benzene rings is 1. The van der Waals surface area contributed by atoms with E-state index in [1.54, 1.807) is 0 Å². The molecule has 0 aromatic heterocycles. The zero-order chi connectivity index (χ0) is 13.2. The molecule has 0 amide bonds. The van der Waals surface area contributed by atoms with Crippen LogP contribution in [0.5, 0.6) is 11.5 Å². The molecular weight excluding hydrogens is 244 g/mol. The predicted octanol–water partition coefficient (Wildman–Crippen LogP) is 0.524. The standard InChI is InChI=1S/C14H20N2O3/c15-11(9-16-4-1-5-16)14(17)10-2-3-12-13(8-10)19-7-6-18-12/h2-3,8,11,14,17H,1,4-7,9,15H2/t11-,14?/m1/s1. The predicted molar refractivity (Wildman–Crippen MR) is 71.4 cm³/mol. The second kappa shape index (κ2) is 5.36. The number of nitrogens with zero attached hydrogens (tertiary/aromatic N) is 1. The van der Waals surface area contributed by atoms with Gasteiger partial charge in [-0.3, -0.25) is 0 Å². The average Bonchev–Trinajstić information content (AvgIpc) is 2.41. The molecule has 1 unspecified atom stereocenters. The molecule has 104 valence electrons. The van der Waals surface area contributed by atoms with Crippen LogP contribution in [0.2, 0.25) is 0 Å². The number of aliphatic hydroxyl groups is 1. The molecule has 0 aliphatic carbocycles. The first kappa shape index (κ1) is 12.7. The third-order valence-corrected chi connectivity index (χ3v) is 3.73. The van der Waals surface area contributed by atoms with Crippen LogP contribution in [0.1, 0.15) is 18.1 Å². The Labute approximate surface area is 112 Å². The van der Waals surface area contributed by atoms with Crippen LogP contribution in [0, 0.1) is 0 Å². The van der Waals surface area contributed by atoms with Crippen molar-refractivity contribution in [3.63, 3.8) is 0 Å². The number of ether oxygens (including phenoxy) is 2. The van der Waals surface area contributed by atoms with Crippen molar-refractivity contribution in [3.05, 3.63) is 23.8 Å². The number of rotatable bonds is 4. The fourth-order valence-corrected chi connectivity index (χ4v) is 2.45. The van der Waals surface area contributed by atoms with Gasteiger partial charge in [0.1, 0.15) is 13.2 Å². The van der Waals surface area contributed by atoms with Gasteiger partial charge >= 0.3 is 0 Å². The van der Waals surface area contributed by atoms with Crippen molar-refractivity contribution in [2.45, 2.75) is 18.6 Å². The number of likely N-dealkylation sites (tertiary alicyclic amines) is 1. The lowest BCUT2D eigenvalue weighted by atomic mass is 10.0. The molecule has 2 atom stereocenters. The molecule has 3 rings (SSSR count). The van der Waals surface area contributed by atoms with Crippen molar-refractivity contribution in [1.29, 1.82) is 0 Å². The number of hydrogen-bond donors (Lipinski definition) is 2. The maximum absolute atomic E-state index is 10.3. The van der Waals surface area contributed by atoms with E-state index in [4.69, 9.17) is 15.2 Å². The van der Waals surface area contributed by atoms with E-state index in [-0.39, 0.29) is 6.04 Å². The number of hydrogen-bond acceptors (Lipinski definition) is 5. The van der Waals surface area contributed by atoms with Crippen LogP contribution >= 0.6 is 0 Å². The van der Waals surface area contributed by atoms with Crippen molar-refractivity contribution in [2.24, 2.45) is 5.73 Å². The van der Waals surface area contributed by atoms with Gasteiger partial charge in [-0.15, -0.1) is 0 Å². The zero-order valence-corrected chi connectivity index (χ0v) is 10.9. The molecular formula is C14H20N2O3. The molecule has 3 N–H and O–H groups in total. The summed E-state index contributed by atoms with van der Waals surface area (Å²) in [5, 5.41) is 10.3. The first-order valence-electron chi connectivity index (χ1n) is 6.79. The Kier molecular flexibility index (Phi) is 3.59. The topological polar surface area (TPSA) is 68.0 Å². The molecule has 5 heteroatoms. The molecule has 2 heterocycles. The van der Waals surface area contributed by atoms with Gasteiger partial charge in [-0.25, -0.2) is 0 Å². The summed E-state index contributed by atoms with van der Waals surface area (Å²) in [5.74, 6) is 1.43. The zero-order valence-electron chi connectivity index (χ0n) is 10.9. The van der Waals surface area contributed by atoms with Gasteiger partial charge in [0.25, 0.3) is 0 Å². The van der Waals surface area contributed by atoms with E-state index >= 15 is 0 Å². The highest BCUT2D eigenvalue weighted by molar-refractivity contribution is 5.44. The SMILES string of the molecule is N[C@H](CN1CCC1)C(O)c1ccc2c(c1)OCCO2. The van der Waals surface area contributed by atoms with Crippen LogP contribution in [0.3, 0.4) is 0 Å². The highest BCUT2D eigenvalue weighted by atomic mass is 16.6. The summed E-state index contributed by atoms with van der Waals surface area (Å²) < 4.78 is 11.0. The Morgan fingerprint density at radius 2 is 1.95 bits per heavy atom. The van der Waals surface area contributed by atoms with Gasteiger partial charge in [0.05, 0.1) is 6.10 Å². The maximum atomic E-state index is 10.3. The van der Waals surface area contributed by atoms with Gasteiger partial charge in [-0.2, -0.15) is 0 Å². The van der Waals surface area contributed by atoms with Crippen LogP contribution in [-0.4, -0.2) is 48.9 Å². The molecule has 1 aromatic rings. The van der Waals surface area contributed by atoms with Crippen molar-refractivity contribution in [2.75, 3.05) is 32.8 Å². The minimum Gasteiger partial charge on any atom is -0.486 e. The van der Waals surface area contributed by atoms with Gasteiger partial charge in [-0.1, -0.05) is 6.07 Å². The number of fused-ring (bicyclic) bond motifs is 1. The van der Waals surface area contributed by atoms with E-state index in [1.165, 1.54) is 6.42 Å². The lowest BCUT2D eigenvalue weighted by Gasteiger charge is -2.34. The fraction of sp³-hybridized carbons (Fsp3) is 0.571. The first-order valence-corrected chi connectivity index (χ1v) is 6.79. The van der Waals surface area contributed by atoms with Crippen LogP contribution < -0.4 is 15.2 Å². The molecule has 1 aromatic carbocycles. The van der Waals surface area contributed by atoms with Crippen LogP contribution in [0.4, 0.5) is 0 Å². The minimum atomic E-state index is -0.670. The monoisotopic (exact) mass is 264 g/mol. The number of nitrogens with two attached hydrogens (primary N) is 1. The molecule has 1 saturated heterocycles. The van der Waals surface area contributed by atoms with Crippen molar-refractivity contribution in [1.82, 2.24) is 4.90 Å². The van der Waals surface area contributed by atoms with E-state index in [9.17, 15) is 5.11 Å². The van der Waals surface area contributed by atoms with E-state index in [1.807, 2.05) is 18.2 Å². The smallest absolute Gasteiger partial charge is 0.161 e. The van der Waals surface area contributed by atoms with Crippen molar-refractivity contribution >= 4 is 0 Å². The lowest BCUT2D eigenvalue weighted by molar-refractivity contribution is 0.0949. The summed E-state index contributed by atoms with van der Waals surface area (Å²) in [4.78, 5) is 2.26. The summed E-state index contributed by atoms with van der Waals surface area (Å²) in [5.41, 5.74) is 6.86. The lowest BCUT2D eigenvalue weighted by Crippen LogP contribution is -2.47. The second-order valence-electron chi connectivity index (χ2n) is 5.17. The fourth-order valence-electron chi connectivity index (χ4n) is 2.45. The third kappa shape index (κ3) is 2.68. The van der Waals surface area contributed by atoms with Crippen molar-refractivity contribution < 1.29 is 14.6 Å². The molecule has 2 aliphatic heterocycles. The van der Waals surface area contributed by atoms with E-state index in [2.05, 4.69) is 4.90 Å². The van der Waals surface area contributed by atoms with Gasteiger partial charge in [0.15, 0.2) is 11.5 Å². The summed E-state index contributed by atoms with van der Waals surface area (Å²) in [7, 11) is 0. The van der Waals surface area contributed by atoms with Crippen molar-refractivity contribution in [3.8, 4) is 11.5 Å². The van der Waals surface area contributed by atoms with E-state index < -0.39 is 6.10 Å². The van der Waals surface area contributed by atoms with Gasteiger partial charge < -0.3 is 25.2 Å². The summed E-state index contributed by atoms with van der Waals surface area (Å²) in [6.07, 6.45) is 0.559. The van der Waals surface area contributed by atoms with E-state index in [0.717, 1.165) is 30.9 Å². The highest BCUT2D eigenvalue weighted by Gasteiger charge is 2.24. The molecule has 0 spiro atoms. The third-order valence-electron chi connectivity index (χ3n) is 3.73. The second-order valence-corrected chi connectivity index (χ2v) is 5.17. The average molecular weight is 264 g/mol. The van der Waals surface area contributed by atoms with Gasteiger partial charge in [-0.05, 0) is 37.2 Å². The van der Waals surface area contributed by atoms with Gasteiger partial charge in [0, 0.05) is 12.6 Å². The minimum absolute atomic E-state index is 0.275. The Morgan fingerprint density at radius 3 is 2.63 bits per heavy atom. The Hall–Kier alpha value is -1.30. The van der Waals surface area contributed by atoms with E-state index in [0.29, 0.717) is 19.0 Å². The number of aliphatic hydroxyl groups excluding tert-OH is 1. The molecule has 0 radical (unpaired) electrons.